The molecule has 15 rings (SSSR count). The summed E-state index contributed by atoms with van der Waals surface area (Å²) in [6, 6.07) is 42.9. The number of nitrogens with one attached hydrogen (secondary N) is 9. The van der Waals surface area contributed by atoms with Crippen LogP contribution in [0, 0.1) is 34.6 Å². The first-order valence-corrected chi connectivity index (χ1v) is 44.1. The second-order valence-corrected chi connectivity index (χ2v) is 34.8. The standard InChI is InChI=1S/2C20H25N5O3.C19H23N5O3.C18H18F3N5O3.C15H16N4O3S/c1-5-28-16-10-14(18(27)23-20(3,4)12-26)7-8-15(16)21-19-22-17-9-6-13(2)11-25(17)24-19;1-5-28-16-10-14(18(26)21-12-20(3,4)27)7-8-15(16)22-19-23-17-9-6-13(2)11-25(17)24-19;1-12-5-8-16-22-18(23-24(16)10-12)21-14-7-6-13(9-15(14)27-4)17(25)20-11-19(2,3)26;1-11-2-5-15-24-17(25-26(15)9-11)23-13-4-3-12(16(28)22-6-7-27)8-14(13)29-10-18(19,20)21;1-10-4-7-14-17-15(18-19(14)9-10)16-12-6-5-11(23(3,20)21)8-13(12)22-2/h6-11,26H,5,12H2,1-4H3,(H,21,24)(H,23,27);6-11,27H,5,12H2,1-4H3,(H,21,26)(H,22,24);5-10,26H,11H2,1-4H3,(H,20,25)(H,21,23);2-5,8-9,27H,6-7,10H2,1H3,(H,22,28)(H,23,25);4-9H,1-3H3,(H,16,18). The maximum absolute atomic E-state index is 12.6. The van der Waals surface area contributed by atoms with Crippen LogP contribution in [-0.2, 0) is 9.84 Å². The van der Waals surface area contributed by atoms with E-state index in [4.69, 9.17) is 28.8 Å². The van der Waals surface area contributed by atoms with Gasteiger partial charge >= 0.3 is 6.18 Å². The zero-order valence-electron chi connectivity index (χ0n) is 77.0. The summed E-state index contributed by atoms with van der Waals surface area (Å²) in [4.78, 5) is 71.2. The minimum Gasteiger partial charge on any atom is -0.495 e. The van der Waals surface area contributed by atoms with Gasteiger partial charge in [-0.15, -0.1) is 25.5 Å². The molecule has 0 aliphatic rings. The lowest BCUT2D eigenvalue weighted by Crippen LogP contribution is -2.46. The number of rotatable bonds is 31. The molecule has 0 saturated carbocycles. The Labute approximate surface area is 774 Å². The van der Waals surface area contributed by atoms with Gasteiger partial charge in [0.2, 0.25) is 29.7 Å². The average Bonchev–Trinajstić information content (AvgIpc) is 1.71. The van der Waals surface area contributed by atoms with Crippen molar-refractivity contribution in [3.8, 4) is 28.7 Å². The number of aryl methyl sites for hydroxylation is 5. The third-order valence-corrected chi connectivity index (χ3v) is 20.1. The number of pyridine rings is 5. The second kappa shape index (κ2) is 43.8. The third kappa shape index (κ3) is 28.8. The van der Waals surface area contributed by atoms with Crippen molar-refractivity contribution in [3.05, 3.63) is 233 Å². The molecule has 135 heavy (non-hydrogen) atoms. The zero-order chi connectivity index (χ0) is 97.9. The number of methoxy groups -OCH3 is 2. The molecule has 5 aromatic carbocycles. The van der Waals surface area contributed by atoms with Crippen LogP contribution in [-0.4, -0.2) is 222 Å². The monoisotopic (exact) mass is 1880 g/mol. The Balaban J connectivity index is 0.000000163. The van der Waals surface area contributed by atoms with Crippen molar-refractivity contribution in [2.45, 2.75) is 118 Å². The number of amides is 4. The summed E-state index contributed by atoms with van der Waals surface area (Å²) in [5.74, 6) is 2.20. The molecule has 4 amide bonds. The Morgan fingerprint density at radius 1 is 0.393 bits per heavy atom. The number of aliphatic hydroxyl groups is 4. The summed E-state index contributed by atoms with van der Waals surface area (Å²) in [6.45, 7) is 22.9. The summed E-state index contributed by atoms with van der Waals surface area (Å²) in [5, 5.41) is 85.3. The summed E-state index contributed by atoms with van der Waals surface area (Å²) >= 11 is 0. The molecule has 712 valence electrons. The molecule has 0 saturated heterocycles. The van der Waals surface area contributed by atoms with E-state index in [0.717, 1.165) is 51.0 Å². The van der Waals surface area contributed by atoms with E-state index in [1.54, 1.807) is 133 Å². The lowest BCUT2D eigenvalue weighted by molar-refractivity contribution is -0.153. The van der Waals surface area contributed by atoms with Crippen LogP contribution in [0.15, 0.2) is 188 Å². The Hall–Kier alpha value is -15.3. The fraction of sp³-hybridized carbons (Fsp3) is 0.304. The molecular weight excluding hydrogens is 1770 g/mol. The quantitative estimate of drug-likeness (QED) is 0.0192. The Morgan fingerprint density at radius 2 is 0.674 bits per heavy atom. The highest BCUT2D eigenvalue weighted by molar-refractivity contribution is 7.90. The van der Waals surface area contributed by atoms with Gasteiger partial charge in [0, 0.05) is 85.2 Å². The van der Waals surface area contributed by atoms with Crippen molar-refractivity contribution in [1.82, 2.24) is 94.3 Å². The maximum Gasteiger partial charge on any atom is 0.422 e. The molecule has 0 spiro atoms. The van der Waals surface area contributed by atoms with Gasteiger partial charge in [-0.1, -0.05) is 30.3 Å². The highest BCUT2D eigenvalue weighted by atomic mass is 32.2. The van der Waals surface area contributed by atoms with Crippen LogP contribution in [0.4, 0.5) is 71.3 Å². The molecule has 10 heterocycles. The van der Waals surface area contributed by atoms with Crippen LogP contribution < -0.4 is 71.5 Å². The normalized spacial score (nSPS) is 11.5. The lowest BCUT2D eigenvalue weighted by Gasteiger charge is -2.23. The number of halogens is 3. The van der Waals surface area contributed by atoms with Gasteiger partial charge in [0.05, 0.1) is 90.7 Å². The SMILES string of the molecule is CCOc1cc(C(=O)NC(C)(C)CO)ccc1Nc1nc2ccc(C)cn2n1.CCOc1cc(C(=O)NCC(C)(C)O)ccc1Nc1nc2ccc(C)cn2n1.COc1cc(C(=O)NCC(C)(C)O)ccc1Nc1nc2ccc(C)cn2n1.COc1cc(S(C)(=O)=O)ccc1Nc1nc2ccc(C)cn2n1.Cc1ccc2nc(Nc3ccc(C(=O)NCCO)cc3OCC(F)(F)F)nn2c1. The van der Waals surface area contributed by atoms with Gasteiger partial charge < -0.3 is 92.0 Å². The largest absolute Gasteiger partial charge is 0.495 e. The topological polar surface area (TPSA) is 489 Å². The summed E-state index contributed by atoms with van der Waals surface area (Å²) in [7, 11) is -0.287. The molecule has 0 radical (unpaired) electrons. The van der Waals surface area contributed by atoms with Gasteiger partial charge in [0.25, 0.3) is 23.6 Å². The number of anilines is 10. The fourth-order valence-electron chi connectivity index (χ4n) is 12.4. The number of aromatic nitrogens is 15. The van der Waals surface area contributed by atoms with E-state index in [1.807, 2.05) is 128 Å². The van der Waals surface area contributed by atoms with E-state index in [0.29, 0.717) is 111 Å². The summed E-state index contributed by atoms with van der Waals surface area (Å²) in [5.41, 5.74) is 10.2. The summed E-state index contributed by atoms with van der Waals surface area (Å²) < 4.78 is 96.3. The number of sulfone groups is 1. The van der Waals surface area contributed by atoms with Crippen molar-refractivity contribution >= 4 is 120 Å². The van der Waals surface area contributed by atoms with Crippen molar-refractivity contribution < 1.29 is 84.9 Å². The highest BCUT2D eigenvalue weighted by Crippen LogP contribution is 2.35. The van der Waals surface area contributed by atoms with E-state index < -0.39 is 45.3 Å². The van der Waals surface area contributed by atoms with Crippen LogP contribution >= 0.6 is 0 Å². The van der Waals surface area contributed by atoms with Crippen LogP contribution in [0.5, 0.6) is 28.7 Å². The Morgan fingerprint density at radius 3 is 0.956 bits per heavy atom. The van der Waals surface area contributed by atoms with Crippen LogP contribution in [0.3, 0.4) is 0 Å². The maximum atomic E-state index is 12.6. The Bertz CT molecular complexity index is 6850. The number of hydrogen-bond donors (Lipinski definition) is 13. The second-order valence-electron chi connectivity index (χ2n) is 32.8. The third-order valence-electron chi connectivity index (χ3n) is 19.0. The zero-order valence-corrected chi connectivity index (χ0v) is 77.8. The van der Waals surface area contributed by atoms with Gasteiger partial charge in [0.1, 0.15) is 28.7 Å². The molecule has 10 aromatic heterocycles. The number of hydrogen-bond acceptors (Lipinski definition) is 30. The highest BCUT2D eigenvalue weighted by Gasteiger charge is 2.30. The van der Waals surface area contributed by atoms with Crippen LogP contribution in [0.1, 0.15) is 125 Å². The van der Waals surface area contributed by atoms with E-state index >= 15 is 0 Å². The molecule has 0 fully saturated rings. The number of carbonyl (C=O) groups is 4. The van der Waals surface area contributed by atoms with Crippen molar-refractivity contribution in [2.24, 2.45) is 0 Å². The van der Waals surface area contributed by atoms with E-state index in [-0.39, 0.29) is 78.4 Å². The molecule has 0 bridgehead atoms. The van der Waals surface area contributed by atoms with Gasteiger partial charge in [-0.05, 0) is 233 Å². The lowest BCUT2D eigenvalue weighted by atomic mass is 10.1. The number of aliphatic hydroxyl groups excluding tert-OH is 2. The van der Waals surface area contributed by atoms with E-state index in [2.05, 4.69) is 98.3 Å². The minimum atomic E-state index is -4.55. The van der Waals surface area contributed by atoms with Crippen LogP contribution in [0.25, 0.3) is 28.2 Å². The first-order chi connectivity index (χ1) is 63.9. The van der Waals surface area contributed by atoms with Crippen molar-refractivity contribution in [2.75, 3.05) is 99.7 Å². The summed E-state index contributed by atoms with van der Waals surface area (Å²) in [6.07, 6.45) is 5.91. The number of carbonyl (C=O) groups excluding carboxylic acids is 4. The predicted octanol–water partition coefficient (Wildman–Crippen LogP) is 12.3. The van der Waals surface area contributed by atoms with Gasteiger partial charge in [0.15, 0.2) is 44.7 Å². The Kier molecular flexibility index (Phi) is 32.5. The molecule has 15 aromatic rings. The molecule has 43 heteroatoms. The fourth-order valence-corrected chi connectivity index (χ4v) is 13.0. The molecule has 39 nitrogen and oxygen atoms in total. The van der Waals surface area contributed by atoms with Crippen molar-refractivity contribution in [3.63, 3.8) is 0 Å². The first-order valence-electron chi connectivity index (χ1n) is 42.2. The molecule has 0 unspecified atom stereocenters. The number of alkyl halides is 3. The van der Waals surface area contributed by atoms with Gasteiger partial charge in [-0.25, -0.2) is 31.0 Å². The number of benzene rings is 5. The molecule has 13 N–H and O–H groups in total. The minimum absolute atomic E-state index is 0.0160. The average molecular weight is 1880 g/mol. The van der Waals surface area contributed by atoms with E-state index in [1.165, 1.54) is 49.1 Å². The molecule has 0 aliphatic carbocycles. The number of nitrogens with zero attached hydrogens (tertiary/aromatic N) is 15. The van der Waals surface area contributed by atoms with Crippen molar-refractivity contribution in [1.29, 1.82) is 0 Å². The molecule has 0 atom stereocenters. The smallest absolute Gasteiger partial charge is 0.422 e. The van der Waals surface area contributed by atoms with E-state index in [9.17, 15) is 56.1 Å². The predicted molar refractivity (Wildman–Crippen MR) is 503 cm³/mol. The first kappa shape index (κ1) is 100. The van der Waals surface area contributed by atoms with Gasteiger partial charge in [-0.2, -0.15) is 38.1 Å². The number of ether oxygens (including phenoxy) is 5. The molecular formula is C92H107F3N24O15S. The number of fused-ring (bicyclic) bond motifs is 5. The van der Waals surface area contributed by atoms with Gasteiger partial charge in [-0.3, -0.25) is 19.2 Å². The van der Waals surface area contributed by atoms with Crippen LogP contribution in [0.2, 0.25) is 0 Å². The molecule has 0 aliphatic heterocycles.